The lowest BCUT2D eigenvalue weighted by Crippen LogP contribution is -2.08. The molecule has 0 aliphatic rings. The molecule has 0 unspecified atom stereocenters. The molecule has 0 atom stereocenters. The summed E-state index contributed by atoms with van der Waals surface area (Å²) in [6.07, 6.45) is 2.88. The lowest BCUT2D eigenvalue weighted by molar-refractivity contribution is 0.0600. The Balaban J connectivity index is 0.000000180. The SMILES string of the molecule is COC(=O)c1cc2c(ncn2C)c(F)c1N.Clc1cc(Br)ccc1I.Cn1cnc2c(F)c(Nc3ccc(Br)cc3Cl)c(C(=O)O)cc21. The Bertz CT molecular complexity index is 2200. The van der Waals surface area contributed by atoms with Crippen molar-refractivity contribution >= 4 is 129 Å². The number of ether oxygens (including phenoxy) is 1. The highest BCUT2D eigenvalue weighted by molar-refractivity contribution is 14.1. The van der Waals surface area contributed by atoms with Crippen LogP contribution in [0.4, 0.5) is 25.8 Å². The first-order chi connectivity index (χ1) is 22.6. The van der Waals surface area contributed by atoms with E-state index in [1.54, 1.807) is 41.4 Å². The molecule has 0 fully saturated rings. The smallest absolute Gasteiger partial charge is 0.340 e. The standard InChI is InChI=1S/C15H10BrClFN3O2.C10H10FN3O2.C6H3BrClI/c1-21-6-19-14-11(21)5-8(15(22)23)13(12(14)18)20-10-3-2-7(16)4-9(10)17;1-14-4-13-9-6(14)3-5(10(15)16-2)8(12)7(9)11;7-4-1-2-6(9)5(8)3-4/h2-6,20H,1H3,(H,22,23);3-4H,12H2,1-2H3;1-3H. The zero-order valence-corrected chi connectivity index (χ0v) is 31.8. The average molecular weight is 939 g/mol. The van der Waals surface area contributed by atoms with Crippen LogP contribution in [0.15, 0.2) is 70.1 Å². The number of aromatic carboxylic acids is 1. The van der Waals surface area contributed by atoms with Gasteiger partial charge in [0.25, 0.3) is 0 Å². The number of nitrogen functional groups attached to an aromatic ring is 1. The molecule has 0 aliphatic carbocycles. The third-order valence-corrected chi connectivity index (χ3v) is 9.54. The summed E-state index contributed by atoms with van der Waals surface area (Å²) in [5.74, 6) is -3.35. The molecule has 250 valence electrons. The fourth-order valence-electron chi connectivity index (χ4n) is 4.23. The van der Waals surface area contributed by atoms with Crippen LogP contribution in [0.2, 0.25) is 10.0 Å². The van der Waals surface area contributed by atoms with E-state index >= 15 is 0 Å². The highest BCUT2D eigenvalue weighted by Gasteiger charge is 2.22. The topological polar surface area (TPSA) is 137 Å². The summed E-state index contributed by atoms with van der Waals surface area (Å²) in [6, 6.07) is 13.6. The number of esters is 1. The number of carbonyl (C=O) groups is 2. The molecule has 0 bridgehead atoms. The highest BCUT2D eigenvalue weighted by Crippen LogP contribution is 2.34. The van der Waals surface area contributed by atoms with Crippen molar-refractivity contribution in [2.75, 3.05) is 18.2 Å². The Hall–Kier alpha value is -3.51. The molecule has 0 amide bonds. The van der Waals surface area contributed by atoms with Gasteiger partial charge in [-0.05, 0) is 71.1 Å². The summed E-state index contributed by atoms with van der Waals surface area (Å²) in [4.78, 5) is 30.7. The summed E-state index contributed by atoms with van der Waals surface area (Å²) in [7, 11) is 4.58. The van der Waals surface area contributed by atoms with Gasteiger partial charge in [0.2, 0.25) is 0 Å². The first-order valence-electron chi connectivity index (χ1n) is 13.3. The first-order valence-corrected chi connectivity index (χ1v) is 16.7. The summed E-state index contributed by atoms with van der Waals surface area (Å²) < 4.78 is 39.0. The van der Waals surface area contributed by atoms with E-state index in [-0.39, 0.29) is 33.5 Å². The number of rotatable bonds is 4. The summed E-state index contributed by atoms with van der Waals surface area (Å²) >= 11 is 20.7. The first kappa shape index (κ1) is 37.3. The van der Waals surface area contributed by atoms with Crippen LogP contribution < -0.4 is 11.1 Å². The van der Waals surface area contributed by atoms with Crippen LogP contribution in [0, 0.1) is 15.2 Å². The van der Waals surface area contributed by atoms with Gasteiger partial charge < -0.3 is 30.0 Å². The van der Waals surface area contributed by atoms with Crippen molar-refractivity contribution in [1.82, 2.24) is 19.1 Å². The van der Waals surface area contributed by atoms with Crippen molar-refractivity contribution in [3.63, 3.8) is 0 Å². The van der Waals surface area contributed by atoms with Crippen LogP contribution in [0.1, 0.15) is 20.7 Å². The molecule has 10 nitrogen and oxygen atoms in total. The van der Waals surface area contributed by atoms with Gasteiger partial charge in [-0.1, -0.05) is 55.1 Å². The third-order valence-electron chi connectivity index (χ3n) is 6.67. The van der Waals surface area contributed by atoms with Gasteiger partial charge in [0, 0.05) is 26.6 Å². The third kappa shape index (κ3) is 8.19. The van der Waals surface area contributed by atoms with Gasteiger partial charge in [-0.25, -0.2) is 28.3 Å². The van der Waals surface area contributed by atoms with E-state index in [4.69, 9.17) is 28.9 Å². The monoisotopic (exact) mass is 936 g/mol. The Kier molecular flexibility index (Phi) is 12.3. The van der Waals surface area contributed by atoms with E-state index in [1.165, 1.54) is 31.9 Å². The normalized spacial score (nSPS) is 10.6. The lowest BCUT2D eigenvalue weighted by Gasteiger charge is -2.13. The molecule has 4 N–H and O–H groups in total. The second-order valence-electron chi connectivity index (χ2n) is 9.82. The molecule has 2 heterocycles. The predicted octanol–water partition coefficient (Wildman–Crippen LogP) is 9.36. The van der Waals surface area contributed by atoms with Crippen molar-refractivity contribution in [3.8, 4) is 0 Å². The number of carboxylic acid groups (broad SMARTS) is 1. The van der Waals surface area contributed by atoms with Crippen molar-refractivity contribution < 1.29 is 28.2 Å². The van der Waals surface area contributed by atoms with Gasteiger partial charge in [-0.3, -0.25) is 0 Å². The highest BCUT2D eigenvalue weighted by atomic mass is 127. The number of halogens is 7. The van der Waals surface area contributed by atoms with Gasteiger partial charge >= 0.3 is 11.9 Å². The largest absolute Gasteiger partial charge is 0.478 e. The number of aryl methyl sites for hydroxylation is 2. The predicted molar refractivity (Wildman–Crippen MR) is 198 cm³/mol. The minimum atomic E-state index is -1.25. The van der Waals surface area contributed by atoms with Gasteiger partial charge in [0.1, 0.15) is 11.0 Å². The zero-order chi connectivity index (χ0) is 35.4. The number of nitrogens with one attached hydrogen (secondary N) is 1. The number of hydrogen-bond acceptors (Lipinski definition) is 7. The number of carbonyl (C=O) groups excluding carboxylic acids is 1. The zero-order valence-electron chi connectivity index (χ0n) is 25.0. The van der Waals surface area contributed by atoms with E-state index in [9.17, 15) is 23.5 Å². The molecule has 6 aromatic rings. The number of nitrogens with zero attached hydrogens (tertiary/aromatic N) is 4. The number of fused-ring (bicyclic) bond motifs is 2. The van der Waals surface area contributed by atoms with Crippen LogP contribution >= 0.6 is 77.7 Å². The fraction of sp³-hybridized carbons (Fsp3) is 0.0968. The lowest BCUT2D eigenvalue weighted by atomic mass is 10.1. The van der Waals surface area contributed by atoms with Crippen molar-refractivity contribution in [3.05, 3.63) is 107 Å². The van der Waals surface area contributed by atoms with Crippen LogP contribution in [-0.2, 0) is 18.8 Å². The molecule has 0 spiro atoms. The maximum Gasteiger partial charge on any atom is 0.340 e. The van der Waals surface area contributed by atoms with E-state index in [0.29, 0.717) is 21.7 Å². The molecule has 4 aromatic carbocycles. The molecule has 0 aliphatic heterocycles. The molecule has 17 heteroatoms. The minimum Gasteiger partial charge on any atom is -0.478 e. The van der Waals surface area contributed by atoms with E-state index in [2.05, 4.69) is 74.5 Å². The van der Waals surface area contributed by atoms with E-state index < -0.39 is 23.6 Å². The second-order valence-corrected chi connectivity index (χ2v) is 13.6. The second kappa shape index (κ2) is 15.8. The van der Waals surface area contributed by atoms with Gasteiger partial charge in [-0.2, -0.15) is 0 Å². The van der Waals surface area contributed by atoms with Gasteiger partial charge in [0.05, 0.1) is 69.0 Å². The number of carboxylic acids is 1. The molecule has 0 saturated heterocycles. The molecular formula is C31H23Br2Cl2F2IN6O4. The van der Waals surface area contributed by atoms with Crippen LogP contribution in [0.5, 0.6) is 0 Å². The fourth-order valence-corrected chi connectivity index (χ4v) is 5.96. The van der Waals surface area contributed by atoms with Crippen molar-refractivity contribution in [2.24, 2.45) is 14.1 Å². The molecule has 48 heavy (non-hydrogen) atoms. The quantitative estimate of drug-likeness (QED) is 0.0689. The minimum absolute atomic E-state index is 0.0103. The van der Waals surface area contributed by atoms with Crippen molar-refractivity contribution in [2.45, 2.75) is 0 Å². The van der Waals surface area contributed by atoms with Crippen LogP contribution in [0.3, 0.4) is 0 Å². The summed E-state index contributed by atoms with van der Waals surface area (Å²) in [5.41, 5.74) is 6.43. The molecular weight excluding hydrogens is 916 g/mol. The van der Waals surface area contributed by atoms with Gasteiger partial charge in [-0.15, -0.1) is 0 Å². The molecule has 0 saturated carbocycles. The Morgan fingerprint density at radius 1 is 0.896 bits per heavy atom. The molecule has 0 radical (unpaired) electrons. The Morgan fingerprint density at radius 2 is 1.42 bits per heavy atom. The van der Waals surface area contributed by atoms with E-state index in [0.717, 1.165) is 17.5 Å². The Labute approximate surface area is 312 Å². The van der Waals surface area contributed by atoms with Crippen LogP contribution in [-0.4, -0.2) is 43.3 Å². The number of anilines is 3. The molecule has 6 rings (SSSR count). The maximum absolute atomic E-state index is 14.7. The number of aromatic nitrogens is 4. The molecule has 2 aromatic heterocycles. The number of benzene rings is 4. The summed E-state index contributed by atoms with van der Waals surface area (Å²) in [6.45, 7) is 0. The number of hydrogen-bond donors (Lipinski definition) is 3. The van der Waals surface area contributed by atoms with Gasteiger partial charge in [0.15, 0.2) is 11.6 Å². The number of nitrogens with two attached hydrogens (primary N) is 1. The van der Waals surface area contributed by atoms with Crippen molar-refractivity contribution in [1.29, 1.82) is 0 Å². The number of methoxy groups -OCH3 is 1. The summed E-state index contributed by atoms with van der Waals surface area (Å²) in [5, 5.41) is 13.3. The Morgan fingerprint density at radius 3 is 1.92 bits per heavy atom. The maximum atomic E-state index is 14.7. The van der Waals surface area contributed by atoms with E-state index in [1.807, 2.05) is 18.2 Å². The van der Waals surface area contributed by atoms with Crippen LogP contribution in [0.25, 0.3) is 22.1 Å². The number of imidazole rings is 2. The average Bonchev–Trinajstić information content (AvgIpc) is 3.61.